The molecule has 0 amide bonds. The van der Waals surface area contributed by atoms with Crippen molar-refractivity contribution in [3.63, 3.8) is 0 Å². The summed E-state index contributed by atoms with van der Waals surface area (Å²) in [6.07, 6.45) is 7.55. The van der Waals surface area contributed by atoms with Crippen molar-refractivity contribution in [2.24, 2.45) is 11.3 Å². The van der Waals surface area contributed by atoms with E-state index in [2.05, 4.69) is 57.3 Å². The fourth-order valence-corrected chi connectivity index (χ4v) is 4.26. The average Bonchev–Trinajstić information content (AvgIpc) is 2.64. The normalized spacial score (nSPS) is 26.2. The molecule has 1 fully saturated rings. The Bertz CT molecular complexity index is 528. The van der Waals surface area contributed by atoms with Crippen molar-refractivity contribution in [3.05, 3.63) is 29.8 Å². The van der Waals surface area contributed by atoms with Gasteiger partial charge in [-0.25, -0.2) is 0 Å². The Labute approximate surface area is 160 Å². The van der Waals surface area contributed by atoms with Crippen molar-refractivity contribution >= 4 is 0 Å². The molecule has 1 heterocycles. The average molecular weight is 363 g/mol. The Kier molecular flexibility index (Phi) is 7.97. The highest BCUT2D eigenvalue weighted by Gasteiger charge is 2.42. The molecule has 0 aliphatic carbocycles. The molecule has 0 unspecified atom stereocenters. The molecular formula is C23H40NO2+. The third-order valence-corrected chi connectivity index (χ3v) is 6.25. The molecule has 1 aliphatic heterocycles. The SMILES string of the molecule is CC[C@@]1(C)C[C@](CC[NH2+]Cc2ccc(OC)cc2)(CCC(C)C)CCO1. The molecule has 0 bridgehead atoms. The first-order valence-corrected chi connectivity index (χ1v) is 10.5. The second-order valence-electron chi connectivity index (χ2n) is 8.89. The van der Waals surface area contributed by atoms with Crippen LogP contribution in [0.3, 0.4) is 0 Å². The summed E-state index contributed by atoms with van der Waals surface area (Å²) in [5.74, 6) is 1.72. The molecule has 1 aliphatic rings. The summed E-state index contributed by atoms with van der Waals surface area (Å²) in [4.78, 5) is 0. The standard InChI is InChI=1S/C23H39NO2/c1-6-22(4)18-23(14-16-26-22,12-11-19(2)3)13-15-24-17-20-7-9-21(25-5)10-8-20/h7-10,19,24H,6,11-18H2,1-5H3/p+1/t22-,23-/m0/s1. The lowest BCUT2D eigenvalue weighted by molar-refractivity contribution is -0.672. The van der Waals surface area contributed by atoms with E-state index in [0.29, 0.717) is 5.41 Å². The first-order valence-electron chi connectivity index (χ1n) is 10.5. The van der Waals surface area contributed by atoms with E-state index in [9.17, 15) is 0 Å². The minimum Gasteiger partial charge on any atom is -0.497 e. The van der Waals surface area contributed by atoms with E-state index in [1.165, 1.54) is 44.2 Å². The molecular weight excluding hydrogens is 322 g/mol. The minimum absolute atomic E-state index is 0.0746. The van der Waals surface area contributed by atoms with Crippen molar-refractivity contribution in [2.45, 2.75) is 78.4 Å². The van der Waals surface area contributed by atoms with Crippen LogP contribution in [0.2, 0.25) is 0 Å². The van der Waals surface area contributed by atoms with E-state index in [-0.39, 0.29) is 5.60 Å². The van der Waals surface area contributed by atoms with Crippen molar-refractivity contribution in [3.8, 4) is 5.75 Å². The molecule has 1 aromatic rings. The Hall–Kier alpha value is -1.06. The van der Waals surface area contributed by atoms with Gasteiger partial charge in [0.15, 0.2) is 0 Å². The van der Waals surface area contributed by atoms with Crippen LogP contribution in [0.5, 0.6) is 5.75 Å². The van der Waals surface area contributed by atoms with Gasteiger partial charge in [-0.3, -0.25) is 0 Å². The molecule has 0 spiro atoms. The summed E-state index contributed by atoms with van der Waals surface area (Å²) >= 11 is 0. The van der Waals surface area contributed by atoms with Crippen LogP contribution in [0.15, 0.2) is 24.3 Å². The molecule has 3 heteroatoms. The van der Waals surface area contributed by atoms with E-state index in [0.717, 1.165) is 31.2 Å². The van der Waals surface area contributed by atoms with Gasteiger partial charge in [0.2, 0.25) is 0 Å². The number of hydrogen-bond donors (Lipinski definition) is 1. The maximum atomic E-state index is 6.15. The van der Waals surface area contributed by atoms with Crippen LogP contribution in [0.4, 0.5) is 0 Å². The lowest BCUT2D eigenvalue weighted by atomic mass is 9.67. The lowest BCUT2D eigenvalue weighted by Crippen LogP contribution is -2.83. The van der Waals surface area contributed by atoms with E-state index in [4.69, 9.17) is 9.47 Å². The number of benzene rings is 1. The maximum absolute atomic E-state index is 6.15. The lowest BCUT2D eigenvalue weighted by Gasteiger charge is -2.46. The third kappa shape index (κ3) is 6.28. The summed E-state index contributed by atoms with van der Waals surface area (Å²) in [5, 5.41) is 2.47. The zero-order valence-corrected chi connectivity index (χ0v) is 17.6. The van der Waals surface area contributed by atoms with Gasteiger partial charge >= 0.3 is 0 Å². The molecule has 0 radical (unpaired) electrons. The van der Waals surface area contributed by atoms with Gasteiger partial charge in [0.1, 0.15) is 12.3 Å². The monoisotopic (exact) mass is 362 g/mol. The summed E-state index contributed by atoms with van der Waals surface area (Å²) in [7, 11) is 1.72. The number of rotatable bonds is 10. The van der Waals surface area contributed by atoms with E-state index in [1.807, 2.05) is 0 Å². The van der Waals surface area contributed by atoms with Crippen LogP contribution in [0.25, 0.3) is 0 Å². The van der Waals surface area contributed by atoms with Crippen LogP contribution in [-0.4, -0.2) is 25.9 Å². The maximum Gasteiger partial charge on any atom is 0.118 e. The second kappa shape index (κ2) is 9.75. The first kappa shape index (κ1) is 21.2. The van der Waals surface area contributed by atoms with Gasteiger partial charge in [-0.2, -0.15) is 0 Å². The zero-order chi connectivity index (χ0) is 19.0. The van der Waals surface area contributed by atoms with Crippen LogP contribution >= 0.6 is 0 Å². The van der Waals surface area contributed by atoms with Gasteiger partial charge in [0.25, 0.3) is 0 Å². The summed E-state index contributed by atoms with van der Waals surface area (Å²) in [6, 6.07) is 8.45. The van der Waals surface area contributed by atoms with Gasteiger partial charge in [-0.05, 0) is 68.2 Å². The Balaban J connectivity index is 1.89. The fraction of sp³-hybridized carbons (Fsp3) is 0.739. The summed E-state index contributed by atoms with van der Waals surface area (Å²) < 4.78 is 11.4. The first-order chi connectivity index (χ1) is 12.4. The predicted molar refractivity (Wildman–Crippen MR) is 108 cm³/mol. The van der Waals surface area contributed by atoms with Crippen LogP contribution in [0.1, 0.15) is 71.8 Å². The van der Waals surface area contributed by atoms with Crippen molar-refractivity contribution in [2.75, 3.05) is 20.3 Å². The number of nitrogens with two attached hydrogens (primary N) is 1. The predicted octanol–water partition coefficient (Wildman–Crippen LogP) is 4.55. The third-order valence-electron chi connectivity index (χ3n) is 6.25. The summed E-state index contributed by atoms with van der Waals surface area (Å²) in [6.45, 7) is 12.5. The van der Waals surface area contributed by atoms with Crippen molar-refractivity contribution in [1.82, 2.24) is 0 Å². The van der Waals surface area contributed by atoms with Crippen LogP contribution in [0, 0.1) is 11.3 Å². The fourth-order valence-electron chi connectivity index (χ4n) is 4.26. The number of methoxy groups -OCH3 is 1. The summed E-state index contributed by atoms with van der Waals surface area (Å²) in [5.41, 5.74) is 1.90. The van der Waals surface area contributed by atoms with E-state index in [1.54, 1.807) is 7.11 Å². The minimum atomic E-state index is 0.0746. The smallest absolute Gasteiger partial charge is 0.118 e. The molecule has 2 rings (SSSR count). The Morgan fingerprint density at radius 1 is 1.19 bits per heavy atom. The molecule has 1 saturated heterocycles. The van der Waals surface area contributed by atoms with Gasteiger partial charge in [0, 0.05) is 18.6 Å². The zero-order valence-electron chi connectivity index (χ0n) is 17.6. The molecule has 1 aromatic carbocycles. The molecule has 2 atom stereocenters. The number of quaternary nitrogens is 1. The Morgan fingerprint density at radius 3 is 2.54 bits per heavy atom. The number of hydrogen-bond acceptors (Lipinski definition) is 2. The topological polar surface area (TPSA) is 35.1 Å². The molecule has 2 N–H and O–H groups in total. The quantitative estimate of drug-likeness (QED) is 0.620. The highest BCUT2D eigenvalue weighted by molar-refractivity contribution is 5.26. The molecule has 0 saturated carbocycles. The highest BCUT2D eigenvalue weighted by atomic mass is 16.5. The second-order valence-corrected chi connectivity index (χ2v) is 8.89. The molecule has 26 heavy (non-hydrogen) atoms. The highest BCUT2D eigenvalue weighted by Crippen LogP contribution is 2.46. The molecule has 148 valence electrons. The van der Waals surface area contributed by atoms with Gasteiger partial charge in [0.05, 0.1) is 19.3 Å². The number of ether oxygens (including phenoxy) is 2. The van der Waals surface area contributed by atoms with Gasteiger partial charge in [-0.15, -0.1) is 0 Å². The van der Waals surface area contributed by atoms with E-state index >= 15 is 0 Å². The van der Waals surface area contributed by atoms with Crippen LogP contribution in [-0.2, 0) is 11.3 Å². The van der Waals surface area contributed by atoms with Crippen molar-refractivity contribution < 1.29 is 14.8 Å². The van der Waals surface area contributed by atoms with Crippen LogP contribution < -0.4 is 10.1 Å². The Morgan fingerprint density at radius 2 is 1.92 bits per heavy atom. The van der Waals surface area contributed by atoms with Gasteiger partial charge < -0.3 is 14.8 Å². The largest absolute Gasteiger partial charge is 0.497 e. The molecule has 0 aromatic heterocycles. The molecule has 3 nitrogen and oxygen atoms in total. The van der Waals surface area contributed by atoms with Crippen molar-refractivity contribution in [1.29, 1.82) is 0 Å². The van der Waals surface area contributed by atoms with Gasteiger partial charge in [-0.1, -0.05) is 27.2 Å². The van der Waals surface area contributed by atoms with E-state index < -0.39 is 0 Å².